The van der Waals surface area contributed by atoms with Crippen molar-refractivity contribution in [2.75, 3.05) is 24.6 Å². The summed E-state index contributed by atoms with van der Waals surface area (Å²) in [5, 5.41) is 1.19. The lowest BCUT2D eigenvalue weighted by atomic mass is 9.95. The van der Waals surface area contributed by atoms with E-state index in [0.29, 0.717) is 12.0 Å². The minimum absolute atomic E-state index is 0.507. The summed E-state index contributed by atoms with van der Waals surface area (Å²) in [4.78, 5) is 7.31. The monoisotopic (exact) mass is 274 g/mol. The highest BCUT2D eigenvalue weighted by molar-refractivity contribution is 7.22. The molecule has 0 N–H and O–H groups in total. The Morgan fingerprint density at radius 2 is 2.32 bits per heavy atom. The maximum absolute atomic E-state index is 5.78. The van der Waals surface area contributed by atoms with Gasteiger partial charge in [0.15, 0.2) is 5.13 Å². The Morgan fingerprint density at radius 3 is 3.21 bits per heavy atom. The maximum atomic E-state index is 5.78. The minimum Gasteiger partial charge on any atom is -0.378 e. The van der Waals surface area contributed by atoms with Gasteiger partial charge in [0.25, 0.3) is 0 Å². The Bertz CT molecular complexity index is 609. The van der Waals surface area contributed by atoms with Crippen molar-refractivity contribution in [1.82, 2.24) is 4.98 Å². The van der Waals surface area contributed by atoms with Crippen molar-refractivity contribution in [2.45, 2.75) is 25.9 Å². The number of hydrogen-bond donors (Lipinski definition) is 0. The number of aromatic nitrogens is 1. The molecule has 0 saturated carbocycles. The van der Waals surface area contributed by atoms with Crippen LogP contribution in [0.1, 0.15) is 18.4 Å². The molecule has 0 radical (unpaired) electrons. The summed E-state index contributed by atoms with van der Waals surface area (Å²) in [6.45, 7) is 5.29. The van der Waals surface area contributed by atoms with Crippen LogP contribution in [0, 0.1) is 12.8 Å². The molecule has 2 saturated heterocycles. The number of hydrogen-bond acceptors (Lipinski definition) is 4. The lowest BCUT2D eigenvalue weighted by Crippen LogP contribution is -2.41. The fraction of sp³-hybridized carbons (Fsp3) is 0.533. The third kappa shape index (κ3) is 1.94. The molecule has 3 nitrogen and oxygen atoms in total. The molecule has 2 aliphatic heterocycles. The van der Waals surface area contributed by atoms with Crippen LogP contribution in [0.15, 0.2) is 18.2 Å². The second-order valence-corrected chi connectivity index (χ2v) is 6.62. The number of anilines is 1. The molecule has 2 fully saturated rings. The van der Waals surface area contributed by atoms with Gasteiger partial charge in [-0.25, -0.2) is 4.98 Å². The van der Waals surface area contributed by atoms with Crippen molar-refractivity contribution in [3.8, 4) is 0 Å². The van der Waals surface area contributed by atoms with E-state index < -0.39 is 0 Å². The standard InChI is InChI=1S/C15H18N2OS/c1-10-3-2-4-13-14(10)16-15(19-13)17-7-5-12-11(9-17)6-8-18-12/h2-4,11-12H,5-9H2,1H3/t11-,12+/m1/s1. The fourth-order valence-electron chi connectivity index (χ4n) is 3.26. The summed E-state index contributed by atoms with van der Waals surface area (Å²) >= 11 is 1.83. The Balaban J connectivity index is 1.65. The first-order valence-electron chi connectivity index (χ1n) is 7.04. The van der Waals surface area contributed by atoms with Gasteiger partial charge < -0.3 is 9.64 Å². The van der Waals surface area contributed by atoms with Crippen molar-refractivity contribution < 1.29 is 4.74 Å². The first-order valence-corrected chi connectivity index (χ1v) is 7.85. The van der Waals surface area contributed by atoms with Crippen molar-refractivity contribution >= 4 is 26.7 Å². The van der Waals surface area contributed by atoms with Crippen LogP contribution in [0.2, 0.25) is 0 Å². The summed E-state index contributed by atoms with van der Waals surface area (Å²) in [5.41, 5.74) is 2.45. The summed E-state index contributed by atoms with van der Waals surface area (Å²) in [6, 6.07) is 6.44. The molecule has 0 unspecified atom stereocenters. The highest BCUT2D eigenvalue weighted by Crippen LogP contribution is 2.35. The number of para-hydroxylation sites is 1. The van der Waals surface area contributed by atoms with Crippen molar-refractivity contribution in [2.24, 2.45) is 5.92 Å². The zero-order chi connectivity index (χ0) is 12.8. The van der Waals surface area contributed by atoms with Gasteiger partial charge in [0, 0.05) is 25.6 Å². The van der Waals surface area contributed by atoms with E-state index >= 15 is 0 Å². The summed E-state index contributed by atoms with van der Waals surface area (Å²) < 4.78 is 7.08. The zero-order valence-corrected chi connectivity index (χ0v) is 11.9. The van der Waals surface area contributed by atoms with Gasteiger partial charge in [0.05, 0.1) is 16.3 Å². The van der Waals surface area contributed by atoms with E-state index in [1.54, 1.807) is 0 Å². The molecule has 2 aliphatic rings. The molecule has 0 aliphatic carbocycles. The number of piperidine rings is 1. The molecule has 0 spiro atoms. The van der Waals surface area contributed by atoms with Gasteiger partial charge in [0.1, 0.15) is 0 Å². The van der Waals surface area contributed by atoms with Gasteiger partial charge in [-0.05, 0) is 31.4 Å². The third-order valence-electron chi connectivity index (χ3n) is 4.36. The van der Waals surface area contributed by atoms with Gasteiger partial charge in [-0.3, -0.25) is 0 Å². The van der Waals surface area contributed by atoms with Crippen LogP contribution in [-0.4, -0.2) is 30.8 Å². The van der Waals surface area contributed by atoms with Crippen molar-refractivity contribution in [1.29, 1.82) is 0 Å². The molecule has 0 amide bonds. The Morgan fingerprint density at radius 1 is 1.37 bits per heavy atom. The lowest BCUT2D eigenvalue weighted by Gasteiger charge is -2.33. The number of aryl methyl sites for hydroxylation is 1. The highest BCUT2D eigenvalue weighted by atomic mass is 32.1. The number of rotatable bonds is 1. The Labute approximate surface area is 117 Å². The van der Waals surface area contributed by atoms with Gasteiger partial charge in [-0.1, -0.05) is 23.5 Å². The topological polar surface area (TPSA) is 25.4 Å². The van der Waals surface area contributed by atoms with Gasteiger partial charge in [-0.15, -0.1) is 0 Å². The SMILES string of the molecule is Cc1cccc2sc(N3CC[C@@H]4OCC[C@@H]4C3)nc12. The molecular weight excluding hydrogens is 256 g/mol. The van der Waals surface area contributed by atoms with Gasteiger partial charge >= 0.3 is 0 Å². The van der Waals surface area contributed by atoms with E-state index in [1.807, 2.05) is 11.3 Å². The molecule has 1 aromatic carbocycles. The van der Waals surface area contributed by atoms with Gasteiger partial charge in [0.2, 0.25) is 0 Å². The van der Waals surface area contributed by atoms with Crippen LogP contribution in [0.25, 0.3) is 10.2 Å². The lowest BCUT2D eigenvalue weighted by molar-refractivity contribution is 0.0773. The van der Waals surface area contributed by atoms with E-state index in [2.05, 4.69) is 30.0 Å². The largest absolute Gasteiger partial charge is 0.378 e. The smallest absolute Gasteiger partial charge is 0.186 e. The molecule has 2 atom stereocenters. The molecule has 4 heteroatoms. The zero-order valence-electron chi connectivity index (χ0n) is 11.1. The molecule has 2 aromatic rings. The first-order chi connectivity index (χ1) is 9.31. The first kappa shape index (κ1) is 11.7. The van der Waals surface area contributed by atoms with Crippen LogP contribution in [0.4, 0.5) is 5.13 Å². The normalized spacial score (nSPS) is 26.9. The van der Waals surface area contributed by atoms with Crippen LogP contribution in [0.3, 0.4) is 0 Å². The van der Waals surface area contributed by atoms with Crippen LogP contribution in [0.5, 0.6) is 0 Å². The second-order valence-electron chi connectivity index (χ2n) is 5.61. The van der Waals surface area contributed by atoms with E-state index in [4.69, 9.17) is 9.72 Å². The highest BCUT2D eigenvalue weighted by Gasteiger charge is 2.34. The number of thiazole rings is 1. The van der Waals surface area contributed by atoms with Gasteiger partial charge in [-0.2, -0.15) is 0 Å². The molecule has 100 valence electrons. The number of fused-ring (bicyclic) bond motifs is 2. The molecule has 4 rings (SSSR count). The second kappa shape index (κ2) is 4.46. The summed E-state index contributed by atoms with van der Waals surface area (Å²) in [7, 11) is 0. The van der Waals surface area contributed by atoms with E-state index in [0.717, 1.165) is 26.1 Å². The Kier molecular flexibility index (Phi) is 2.74. The molecule has 0 bridgehead atoms. The van der Waals surface area contributed by atoms with Crippen molar-refractivity contribution in [3.05, 3.63) is 23.8 Å². The number of nitrogens with zero attached hydrogens (tertiary/aromatic N) is 2. The fourth-order valence-corrected chi connectivity index (χ4v) is 4.34. The van der Waals surface area contributed by atoms with Crippen LogP contribution < -0.4 is 4.90 Å². The Hall–Kier alpha value is -1.13. The quantitative estimate of drug-likeness (QED) is 0.798. The summed E-state index contributed by atoms with van der Waals surface area (Å²) in [6.07, 6.45) is 2.87. The molecule has 19 heavy (non-hydrogen) atoms. The average molecular weight is 274 g/mol. The van der Waals surface area contributed by atoms with Crippen LogP contribution >= 0.6 is 11.3 Å². The third-order valence-corrected chi connectivity index (χ3v) is 5.45. The number of benzene rings is 1. The van der Waals surface area contributed by atoms with E-state index in [-0.39, 0.29) is 0 Å². The predicted octanol–water partition coefficient (Wildman–Crippen LogP) is 3.22. The van der Waals surface area contributed by atoms with Crippen molar-refractivity contribution in [3.63, 3.8) is 0 Å². The predicted molar refractivity (Wildman–Crippen MR) is 79.0 cm³/mol. The van der Waals surface area contributed by atoms with Crippen LogP contribution in [-0.2, 0) is 4.74 Å². The average Bonchev–Trinajstić information content (AvgIpc) is 3.04. The van der Waals surface area contributed by atoms with E-state index in [9.17, 15) is 0 Å². The molecule has 3 heterocycles. The minimum atomic E-state index is 0.507. The molecular formula is C15H18N2OS. The summed E-state index contributed by atoms with van der Waals surface area (Å²) in [5.74, 6) is 0.710. The molecule has 1 aromatic heterocycles. The number of ether oxygens (including phenoxy) is 1. The van der Waals surface area contributed by atoms with E-state index in [1.165, 1.54) is 27.3 Å². The maximum Gasteiger partial charge on any atom is 0.186 e.